The van der Waals surface area contributed by atoms with E-state index >= 15 is 0 Å². The summed E-state index contributed by atoms with van der Waals surface area (Å²) in [5, 5.41) is 0. The van der Waals surface area contributed by atoms with E-state index in [0.717, 1.165) is 44.9 Å². The van der Waals surface area contributed by atoms with E-state index in [1.807, 2.05) is 0 Å². The fraction of sp³-hybridized carbons (Fsp3) is 0.913. The van der Waals surface area contributed by atoms with Crippen LogP contribution in [0.4, 0.5) is 0 Å². The summed E-state index contributed by atoms with van der Waals surface area (Å²) in [6.07, 6.45) is 16.7. The standard InChI is InChI=1S/C23H40O4/c1-2-3-4-5-11-17-26-22(24)20-14-9-10-15-21(20)23(25)27-18-16-19-12-7-6-8-13-19/h19-21H,2-18H2,1H3. The van der Waals surface area contributed by atoms with E-state index in [4.69, 9.17) is 9.47 Å². The Labute approximate surface area is 165 Å². The molecular formula is C23H40O4. The highest BCUT2D eigenvalue weighted by molar-refractivity contribution is 5.82. The maximum Gasteiger partial charge on any atom is 0.309 e. The van der Waals surface area contributed by atoms with Gasteiger partial charge in [-0.05, 0) is 31.6 Å². The normalized spacial score (nSPS) is 23.7. The van der Waals surface area contributed by atoms with Crippen LogP contribution in [0.1, 0.15) is 103 Å². The molecule has 0 saturated heterocycles. The number of unbranched alkanes of at least 4 members (excludes halogenated alkanes) is 4. The quantitative estimate of drug-likeness (QED) is 0.335. The second-order valence-corrected chi connectivity index (χ2v) is 8.54. The second-order valence-electron chi connectivity index (χ2n) is 8.54. The molecule has 4 heteroatoms. The molecule has 0 N–H and O–H groups in total. The van der Waals surface area contributed by atoms with Gasteiger partial charge in [-0.25, -0.2) is 0 Å². The van der Waals surface area contributed by atoms with Gasteiger partial charge in [-0.15, -0.1) is 0 Å². The zero-order valence-electron chi connectivity index (χ0n) is 17.4. The summed E-state index contributed by atoms with van der Waals surface area (Å²) in [6, 6.07) is 0. The second kappa shape index (κ2) is 13.2. The first kappa shape index (κ1) is 22.2. The van der Waals surface area contributed by atoms with E-state index in [0.29, 0.717) is 19.1 Å². The molecule has 0 aromatic heterocycles. The molecule has 0 radical (unpaired) electrons. The molecule has 0 aromatic carbocycles. The Morgan fingerprint density at radius 1 is 0.704 bits per heavy atom. The van der Waals surface area contributed by atoms with Crippen molar-refractivity contribution in [2.45, 2.75) is 103 Å². The number of ether oxygens (including phenoxy) is 2. The lowest BCUT2D eigenvalue weighted by Gasteiger charge is -2.28. The zero-order chi connectivity index (χ0) is 19.3. The molecular weight excluding hydrogens is 340 g/mol. The van der Waals surface area contributed by atoms with Crippen LogP contribution in [0.3, 0.4) is 0 Å². The summed E-state index contributed by atoms with van der Waals surface area (Å²) in [6.45, 7) is 3.19. The summed E-state index contributed by atoms with van der Waals surface area (Å²) in [5.41, 5.74) is 0. The average Bonchev–Trinajstić information content (AvgIpc) is 2.71. The van der Waals surface area contributed by atoms with Crippen molar-refractivity contribution in [2.75, 3.05) is 13.2 Å². The summed E-state index contributed by atoms with van der Waals surface area (Å²) >= 11 is 0. The highest BCUT2D eigenvalue weighted by Gasteiger charge is 2.37. The predicted octanol–water partition coefficient (Wildman–Crippen LogP) is 5.82. The van der Waals surface area contributed by atoms with Crippen LogP contribution in [0.5, 0.6) is 0 Å². The Kier molecular flexibility index (Phi) is 10.8. The lowest BCUT2D eigenvalue weighted by molar-refractivity contribution is -0.163. The molecule has 2 saturated carbocycles. The van der Waals surface area contributed by atoms with E-state index in [1.54, 1.807) is 0 Å². The van der Waals surface area contributed by atoms with Crippen molar-refractivity contribution in [1.82, 2.24) is 0 Å². The molecule has 4 nitrogen and oxygen atoms in total. The molecule has 0 spiro atoms. The molecule has 0 amide bonds. The van der Waals surface area contributed by atoms with Crippen LogP contribution in [0.2, 0.25) is 0 Å². The smallest absolute Gasteiger partial charge is 0.309 e. The van der Waals surface area contributed by atoms with Crippen molar-refractivity contribution in [1.29, 1.82) is 0 Å². The fourth-order valence-corrected chi connectivity index (χ4v) is 4.59. The third-order valence-electron chi connectivity index (χ3n) is 6.36. The van der Waals surface area contributed by atoms with Crippen LogP contribution in [0.15, 0.2) is 0 Å². The monoisotopic (exact) mass is 380 g/mol. The lowest BCUT2D eigenvalue weighted by Crippen LogP contribution is -2.35. The topological polar surface area (TPSA) is 52.6 Å². The van der Waals surface area contributed by atoms with Crippen molar-refractivity contribution in [2.24, 2.45) is 17.8 Å². The highest BCUT2D eigenvalue weighted by atomic mass is 16.5. The average molecular weight is 381 g/mol. The number of carbonyl (C=O) groups is 2. The molecule has 2 fully saturated rings. The minimum atomic E-state index is -0.295. The predicted molar refractivity (Wildman–Crippen MR) is 107 cm³/mol. The van der Waals surface area contributed by atoms with Gasteiger partial charge in [0, 0.05) is 0 Å². The van der Waals surface area contributed by atoms with Gasteiger partial charge in [0.15, 0.2) is 0 Å². The van der Waals surface area contributed by atoms with Crippen LogP contribution in [-0.4, -0.2) is 25.2 Å². The number of carbonyl (C=O) groups excluding carboxylic acids is 2. The lowest BCUT2D eigenvalue weighted by atomic mass is 9.79. The molecule has 2 unspecified atom stereocenters. The van der Waals surface area contributed by atoms with Crippen molar-refractivity contribution in [3.63, 3.8) is 0 Å². The van der Waals surface area contributed by atoms with Gasteiger partial charge in [0.2, 0.25) is 0 Å². The van der Waals surface area contributed by atoms with Gasteiger partial charge >= 0.3 is 11.9 Å². The number of esters is 2. The Bertz CT molecular complexity index is 428. The Morgan fingerprint density at radius 3 is 1.89 bits per heavy atom. The van der Waals surface area contributed by atoms with E-state index < -0.39 is 0 Å². The van der Waals surface area contributed by atoms with Gasteiger partial charge in [0.25, 0.3) is 0 Å². The molecule has 0 aromatic rings. The minimum absolute atomic E-state index is 0.171. The van der Waals surface area contributed by atoms with Crippen LogP contribution in [0.25, 0.3) is 0 Å². The molecule has 156 valence electrons. The van der Waals surface area contributed by atoms with Crippen molar-refractivity contribution in [3.8, 4) is 0 Å². The number of rotatable bonds is 11. The molecule has 2 aliphatic rings. The minimum Gasteiger partial charge on any atom is -0.465 e. The molecule has 2 aliphatic carbocycles. The van der Waals surface area contributed by atoms with Gasteiger partial charge in [-0.3, -0.25) is 9.59 Å². The van der Waals surface area contributed by atoms with Crippen molar-refractivity contribution >= 4 is 11.9 Å². The third kappa shape index (κ3) is 8.23. The van der Waals surface area contributed by atoms with Gasteiger partial charge in [0.1, 0.15) is 0 Å². The molecule has 0 bridgehead atoms. The van der Waals surface area contributed by atoms with Gasteiger partial charge in [-0.2, -0.15) is 0 Å². The Morgan fingerprint density at radius 2 is 1.26 bits per heavy atom. The largest absolute Gasteiger partial charge is 0.465 e. The van der Waals surface area contributed by atoms with Gasteiger partial charge < -0.3 is 9.47 Å². The van der Waals surface area contributed by atoms with Gasteiger partial charge in [0.05, 0.1) is 25.0 Å². The zero-order valence-corrected chi connectivity index (χ0v) is 17.4. The fourth-order valence-electron chi connectivity index (χ4n) is 4.59. The van der Waals surface area contributed by atoms with E-state index in [1.165, 1.54) is 51.4 Å². The van der Waals surface area contributed by atoms with E-state index in [9.17, 15) is 9.59 Å². The summed E-state index contributed by atoms with van der Waals surface area (Å²) in [5.74, 6) is -0.226. The van der Waals surface area contributed by atoms with Crippen molar-refractivity contribution < 1.29 is 19.1 Å². The summed E-state index contributed by atoms with van der Waals surface area (Å²) in [4.78, 5) is 25.1. The number of hydrogen-bond acceptors (Lipinski definition) is 4. The van der Waals surface area contributed by atoms with Crippen LogP contribution >= 0.6 is 0 Å². The maximum atomic E-state index is 12.6. The van der Waals surface area contributed by atoms with Crippen molar-refractivity contribution in [3.05, 3.63) is 0 Å². The maximum absolute atomic E-state index is 12.6. The first-order chi connectivity index (χ1) is 13.2. The first-order valence-electron chi connectivity index (χ1n) is 11.6. The van der Waals surface area contributed by atoms with E-state index in [2.05, 4.69) is 6.92 Å². The SMILES string of the molecule is CCCCCCCOC(=O)C1CCCCC1C(=O)OCCC1CCCCC1. The van der Waals surface area contributed by atoms with Gasteiger partial charge in [-0.1, -0.05) is 77.6 Å². The Hall–Kier alpha value is -1.06. The van der Waals surface area contributed by atoms with Crippen LogP contribution < -0.4 is 0 Å². The van der Waals surface area contributed by atoms with E-state index in [-0.39, 0.29) is 23.8 Å². The molecule has 0 heterocycles. The molecule has 0 aliphatic heterocycles. The van der Waals surface area contributed by atoms with Crippen LogP contribution in [0, 0.1) is 17.8 Å². The number of hydrogen-bond donors (Lipinski definition) is 0. The highest BCUT2D eigenvalue weighted by Crippen LogP contribution is 2.32. The summed E-state index contributed by atoms with van der Waals surface area (Å²) in [7, 11) is 0. The Balaban J connectivity index is 1.68. The molecule has 27 heavy (non-hydrogen) atoms. The first-order valence-corrected chi connectivity index (χ1v) is 11.6. The van der Waals surface area contributed by atoms with Crippen LogP contribution in [-0.2, 0) is 19.1 Å². The molecule has 2 rings (SSSR count). The summed E-state index contributed by atoms with van der Waals surface area (Å²) < 4.78 is 11.1. The molecule has 2 atom stereocenters. The third-order valence-corrected chi connectivity index (χ3v) is 6.36.